The van der Waals surface area contributed by atoms with Crippen LogP contribution in [0.4, 0.5) is 0 Å². The Hall–Kier alpha value is -0.0400. The first kappa shape index (κ1) is 10.0. The van der Waals surface area contributed by atoms with Gasteiger partial charge in [0.05, 0.1) is 0 Å². The molecule has 1 N–H and O–H groups in total. The van der Waals surface area contributed by atoms with Crippen LogP contribution < -0.4 is 0 Å². The van der Waals surface area contributed by atoms with Crippen LogP contribution in [0.5, 0.6) is 0 Å². The summed E-state index contributed by atoms with van der Waals surface area (Å²) in [6.45, 7) is 7.35. The van der Waals surface area contributed by atoms with Gasteiger partial charge >= 0.3 is 0 Å². The Bertz CT molecular complexity index is 134. The van der Waals surface area contributed by atoms with Crippen LogP contribution in [0.3, 0.4) is 0 Å². The summed E-state index contributed by atoms with van der Waals surface area (Å²) in [7, 11) is 0. The molecule has 0 radical (unpaired) electrons. The van der Waals surface area contributed by atoms with Gasteiger partial charge in [-0.1, -0.05) is 27.2 Å². The first-order valence-electron chi connectivity index (χ1n) is 5.15. The van der Waals surface area contributed by atoms with E-state index in [4.69, 9.17) is 5.11 Å². The van der Waals surface area contributed by atoms with Crippen LogP contribution in [-0.2, 0) is 0 Å². The van der Waals surface area contributed by atoms with E-state index in [2.05, 4.69) is 20.8 Å². The zero-order valence-electron chi connectivity index (χ0n) is 8.64. The molecule has 1 saturated carbocycles. The topological polar surface area (TPSA) is 20.2 Å². The standard InChI is InChI=1S/C11H22O/c1-11(2,3)10-6-4-5-9(7-10)8-12/h9-10,12H,4-8H2,1-3H3/t9-,10?/m0/s1. The molecule has 0 aromatic rings. The molecule has 0 bridgehead atoms. The molecule has 1 aliphatic rings. The van der Waals surface area contributed by atoms with Crippen molar-refractivity contribution >= 4 is 0 Å². The van der Waals surface area contributed by atoms with Gasteiger partial charge in [0.2, 0.25) is 0 Å². The highest BCUT2D eigenvalue weighted by Crippen LogP contribution is 2.39. The lowest BCUT2D eigenvalue weighted by Gasteiger charge is -2.37. The fraction of sp³-hybridized carbons (Fsp3) is 1.00. The maximum atomic E-state index is 9.07. The fourth-order valence-electron chi connectivity index (χ4n) is 2.24. The number of aliphatic hydroxyl groups is 1. The van der Waals surface area contributed by atoms with E-state index >= 15 is 0 Å². The van der Waals surface area contributed by atoms with Crippen LogP contribution in [0.25, 0.3) is 0 Å². The van der Waals surface area contributed by atoms with E-state index in [9.17, 15) is 0 Å². The molecule has 0 aromatic heterocycles. The lowest BCUT2D eigenvalue weighted by Crippen LogP contribution is -2.28. The molecule has 0 aromatic carbocycles. The molecule has 72 valence electrons. The minimum atomic E-state index is 0.395. The molecule has 2 atom stereocenters. The van der Waals surface area contributed by atoms with Gasteiger partial charge in [-0.3, -0.25) is 0 Å². The second-order valence-electron chi connectivity index (χ2n) is 5.28. The smallest absolute Gasteiger partial charge is 0.0459 e. The second kappa shape index (κ2) is 3.78. The molecule has 0 heterocycles. The monoisotopic (exact) mass is 170 g/mol. The molecule has 0 saturated heterocycles. The summed E-state index contributed by atoms with van der Waals surface area (Å²) in [5.74, 6) is 1.41. The SMILES string of the molecule is CC(C)(C)C1CCC[C@H](CO)C1. The van der Waals surface area contributed by atoms with Gasteiger partial charge in [0.15, 0.2) is 0 Å². The van der Waals surface area contributed by atoms with Crippen molar-refractivity contribution in [2.75, 3.05) is 6.61 Å². The Kier molecular flexibility index (Phi) is 3.16. The largest absolute Gasteiger partial charge is 0.396 e. The number of hydrogen-bond donors (Lipinski definition) is 1. The van der Waals surface area contributed by atoms with Crippen LogP contribution in [0.1, 0.15) is 46.5 Å². The van der Waals surface area contributed by atoms with Gasteiger partial charge in [0.25, 0.3) is 0 Å². The molecule has 0 spiro atoms. The summed E-state index contributed by atoms with van der Waals surface area (Å²) in [4.78, 5) is 0. The predicted octanol–water partition coefficient (Wildman–Crippen LogP) is 2.83. The molecule has 1 unspecified atom stereocenters. The molecule has 0 amide bonds. The highest BCUT2D eigenvalue weighted by molar-refractivity contribution is 4.80. The Morgan fingerprint density at radius 2 is 1.92 bits per heavy atom. The zero-order valence-corrected chi connectivity index (χ0v) is 8.64. The summed E-state index contributed by atoms with van der Waals surface area (Å²) in [6.07, 6.45) is 5.15. The highest BCUT2D eigenvalue weighted by atomic mass is 16.3. The lowest BCUT2D eigenvalue weighted by molar-refractivity contribution is 0.103. The number of hydrogen-bond acceptors (Lipinski definition) is 1. The van der Waals surface area contributed by atoms with Gasteiger partial charge in [-0.15, -0.1) is 0 Å². The third kappa shape index (κ3) is 2.48. The minimum absolute atomic E-state index is 0.395. The molecule has 0 aliphatic heterocycles. The van der Waals surface area contributed by atoms with Crippen molar-refractivity contribution < 1.29 is 5.11 Å². The Labute approximate surface area is 76.2 Å². The van der Waals surface area contributed by atoms with Crippen LogP contribution in [0.2, 0.25) is 0 Å². The second-order valence-corrected chi connectivity index (χ2v) is 5.28. The summed E-state index contributed by atoms with van der Waals surface area (Å²) < 4.78 is 0. The summed E-state index contributed by atoms with van der Waals surface area (Å²) in [5, 5.41) is 9.07. The van der Waals surface area contributed by atoms with E-state index < -0.39 is 0 Å². The summed E-state index contributed by atoms with van der Waals surface area (Å²) in [5.41, 5.74) is 0.438. The van der Waals surface area contributed by atoms with E-state index in [1.54, 1.807) is 0 Å². The average molecular weight is 170 g/mol. The predicted molar refractivity (Wildman–Crippen MR) is 52.0 cm³/mol. The van der Waals surface area contributed by atoms with Crippen molar-refractivity contribution in [3.63, 3.8) is 0 Å². The average Bonchev–Trinajstić information content (AvgIpc) is 2.03. The van der Waals surface area contributed by atoms with Crippen LogP contribution in [-0.4, -0.2) is 11.7 Å². The fourth-order valence-corrected chi connectivity index (χ4v) is 2.24. The Morgan fingerprint density at radius 3 is 2.42 bits per heavy atom. The maximum Gasteiger partial charge on any atom is 0.0459 e. The molecule has 1 heteroatoms. The van der Waals surface area contributed by atoms with Crippen LogP contribution in [0.15, 0.2) is 0 Å². The molecule has 1 rings (SSSR count). The quantitative estimate of drug-likeness (QED) is 0.641. The number of aliphatic hydroxyl groups excluding tert-OH is 1. The lowest BCUT2D eigenvalue weighted by atomic mass is 9.69. The van der Waals surface area contributed by atoms with Crippen LogP contribution in [0, 0.1) is 17.3 Å². The van der Waals surface area contributed by atoms with Crippen molar-refractivity contribution in [2.45, 2.75) is 46.5 Å². The first-order valence-corrected chi connectivity index (χ1v) is 5.15. The van der Waals surface area contributed by atoms with Gasteiger partial charge < -0.3 is 5.11 Å². The van der Waals surface area contributed by atoms with Crippen molar-refractivity contribution in [3.8, 4) is 0 Å². The van der Waals surface area contributed by atoms with Gasteiger partial charge in [-0.05, 0) is 36.5 Å². The van der Waals surface area contributed by atoms with E-state index in [-0.39, 0.29) is 0 Å². The molecule has 12 heavy (non-hydrogen) atoms. The molecular weight excluding hydrogens is 148 g/mol. The molecule has 1 nitrogen and oxygen atoms in total. The zero-order chi connectivity index (χ0) is 9.19. The molecule has 1 aliphatic carbocycles. The van der Waals surface area contributed by atoms with Gasteiger partial charge in [-0.25, -0.2) is 0 Å². The molecule has 1 fully saturated rings. The minimum Gasteiger partial charge on any atom is -0.396 e. The van der Waals surface area contributed by atoms with Gasteiger partial charge in [0, 0.05) is 6.61 Å². The third-order valence-electron chi connectivity index (χ3n) is 3.27. The van der Waals surface area contributed by atoms with Crippen molar-refractivity contribution in [1.82, 2.24) is 0 Å². The van der Waals surface area contributed by atoms with Crippen molar-refractivity contribution in [3.05, 3.63) is 0 Å². The molecular formula is C11H22O. The van der Waals surface area contributed by atoms with E-state index in [0.717, 1.165) is 5.92 Å². The van der Waals surface area contributed by atoms with E-state index in [0.29, 0.717) is 17.9 Å². The van der Waals surface area contributed by atoms with Crippen LogP contribution >= 0.6 is 0 Å². The van der Waals surface area contributed by atoms with Gasteiger partial charge in [0.1, 0.15) is 0 Å². The summed E-state index contributed by atoms with van der Waals surface area (Å²) in [6, 6.07) is 0. The van der Waals surface area contributed by atoms with E-state index in [1.165, 1.54) is 25.7 Å². The van der Waals surface area contributed by atoms with Gasteiger partial charge in [-0.2, -0.15) is 0 Å². The first-order chi connectivity index (χ1) is 5.54. The summed E-state index contributed by atoms with van der Waals surface area (Å²) >= 11 is 0. The normalized spacial score (nSPS) is 32.0. The number of rotatable bonds is 1. The Morgan fingerprint density at radius 1 is 1.25 bits per heavy atom. The van der Waals surface area contributed by atoms with Crippen molar-refractivity contribution in [1.29, 1.82) is 0 Å². The third-order valence-corrected chi connectivity index (χ3v) is 3.27. The highest BCUT2D eigenvalue weighted by Gasteiger charge is 2.29. The maximum absolute atomic E-state index is 9.07. The van der Waals surface area contributed by atoms with Crippen molar-refractivity contribution in [2.24, 2.45) is 17.3 Å². The Balaban J connectivity index is 2.46. The van der Waals surface area contributed by atoms with E-state index in [1.807, 2.05) is 0 Å².